The van der Waals surface area contributed by atoms with E-state index < -0.39 is 5.97 Å². The van der Waals surface area contributed by atoms with Gasteiger partial charge >= 0.3 is 5.97 Å². The van der Waals surface area contributed by atoms with E-state index in [1.54, 1.807) is 24.8 Å². The van der Waals surface area contributed by atoms with Gasteiger partial charge in [-0.2, -0.15) is 5.10 Å². The summed E-state index contributed by atoms with van der Waals surface area (Å²) < 4.78 is 17.7. The average molecular weight is 840 g/mol. The predicted molar refractivity (Wildman–Crippen MR) is 235 cm³/mol. The lowest BCUT2D eigenvalue weighted by molar-refractivity contribution is 0.0389. The maximum atomic E-state index is 15.5. The number of benzene rings is 3. The van der Waals surface area contributed by atoms with Crippen LogP contribution in [-0.2, 0) is 31.8 Å². The molecule has 0 bridgehead atoms. The van der Waals surface area contributed by atoms with E-state index in [0.29, 0.717) is 54.5 Å². The summed E-state index contributed by atoms with van der Waals surface area (Å²) in [6, 6.07) is 13.6. The number of ether oxygens (including phenoxy) is 2. The van der Waals surface area contributed by atoms with Crippen LogP contribution >= 0.6 is 23.2 Å². The first-order chi connectivity index (χ1) is 28.2. The molecule has 13 heteroatoms. The van der Waals surface area contributed by atoms with Gasteiger partial charge in [0.05, 0.1) is 40.1 Å². The summed E-state index contributed by atoms with van der Waals surface area (Å²) >= 11 is 13.6. The molecule has 0 aliphatic carbocycles. The highest BCUT2D eigenvalue weighted by molar-refractivity contribution is 6.35. The van der Waals surface area contributed by atoms with E-state index >= 15 is 4.79 Å². The standard InChI is InChI=1S/C46H52Cl2N6O5/c1-25-18-33(19-26(2)41(25)48)59-17-9-10-34-35-11-12-36(47)40(39-28(4)49-51(7)29(39)5)43(35)54-27(3)23-53(45(55)44(34)54)37-21-30(24-52-15-13-32(58-8)14-16-52)20-31-22-38(46(56)57)50(6)42(31)37/h11-12,18-22,27,32H,9-10,13-17,23-24H2,1-8H3,(H,56,57). The first-order valence-electron chi connectivity index (χ1n) is 20.4. The highest BCUT2D eigenvalue weighted by Crippen LogP contribution is 2.46. The van der Waals surface area contributed by atoms with Crippen molar-refractivity contribution in [2.75, 3.05) is 38.3 Å². The summed E-state index contributed by atoms with van der Waals surface area (Å²) in [5, 5.41) is 18.1. The van der Waals surface area contributed by atoms with E-state index in [9.17, 15) is 9.90 Å². The molecule has 59 heavy (non-hydrogen) atoms. The third kappa shape index (κ3) is 7.19. The molecule has 1 atom stereocenters. The first-order valence-corrected chi connectivity index (χ1v) is 21.1. The number of carboxylic acid groups (broad SMARTS) is 1. The van der Waals surface area contributed by atoms with E-state index in [0.717, 1.165) is 97.8 Å². The molecular formula is C46H52Cl2N6O5. The van der Waals surface area contributed by atoms with Crippen molar-refractivity contribution in [1.29, 1.82) is 0 Å². The number of nitrogens with zero attached hydrogens (tertiary/aromatic N) is 6. The van der Waals surface area contributed by atoms with Gasteiger partial charge in [0.1, 0.15) is 17.1 Å². The van der Waals surface area contributed by atoms with E-state index in [1.165, 1.54) is 0 Å². The Bertz CT molecular complexity index is 2630. The van der Waals surface area contributed by atoms with Crippen LogP contribution in [0.15, 0.2) is 42.5 Å². The third-order valence-electron chi connectivity index (χ3n) is 12.5. The Labute approximate surface area is 355 Å². The maximum Gasteiger partial charge on any atom is 0.352 e. The van der Waals surface area contributed by atoms with Gasteiger partial charge in [-0.25, -0.2) is 4.79 Å². The number of likely N-dealkylation sites (tertiary alicyclic amines) is 1. The van der Waals surface area contributed by atoms with Crippen LogP contribution in [0.25, 0.3) is 32.9 Å². The number of carboxylic acids is 1. The minimum atomic E-state index is -1.02. The molecule has 0 spiro atoms. The van der Waals surface area contributed by atoms with Crippen molar-refractivity contribution in [3.05, 3.63) is 97.5 Å². The summed E-state index contributed by atoms with van der Waals surface area (Å²) in [5.74, 6) is -0.399. The Morgan fingerprint density at radius 2 is 1.68 bits per heavy atom. The Hall–Kier alpha value is -4.81. The van der Waals surface area contributed by atoms with Gasteiger partial charge in [0.15, 0.2) is 0 Å². The minimum absolute atomic E-state index is 0.140. The van der Waals surface area contributed by atoms with Crippen LogP contribution in [0.3, 0.4) is 0 Å². The molecule has 3 aromatic carbocycles. The Morgan fingerprint density at radius 1 is 0.966 bits per heavy atom. The zero-order valence-corrected chi connectivity index (χ0v) is 36.6. The van der Waals surface area contributed by atoms with E-state index in [1.807, 2.05) is 68.6 Å². The first kappa shape index (κ1) is 40.9. The second-order valence-electron chi connectivity index (χ2n) is 16.4. The number of aromatic nitrogens is 4. The lowest BCUT2D eigenvalue weighted by atomic mass is 9.98. The van der Waals surface area contributed by atoms with Crippen molar-refractivity contribution in [3.8, 4) is 16.9 Å². The van der Waals surface area contributed by atoms with Crippen molar-refractivity contribution >= 4 is 62.6 Å². The molecule has 1 saturated heterocycles. The van der Waals surface area contributed by atoms with Gasteiger partial charge < -0.3 is 28.6 Å². The molecule has 1 unspecified atom stereocenters. The number of piperidine rings is 1. The fourth-order valence-electron chi connectivity index (χ4n) is 9.54. The number of carbonyl (C=O) groups is 2. The zero-order valence-electron chi connectivity index (χ0n) is 35.1. The molecule has 2 aliphatic heterocycles. The average Bonchev–Trinajstić information content (AvgIpc) is 3.81. The molecule has 3 aromatic heterocycles. The molecule has 11 nitrogen and oxygen atoms in total. The molecule has 2 aliphatic rings. The molecule has 1 amide bonds. The smallest absolute Gasteiger partial charge is 0.352 e. The van der Waals surface area contributed by atoms with E-state index in [4.69, 9.17) is 37.8 Å². The van der Waals surface area contributed by atoms with Crippen LogP contribution in [0.2, 0.25) is 10.0 Å². The monoisotopic (exact) mass is 838 g/mol. The summed E-state index contributed by atoms with van der Waals surface area (Å²) in [6.07, 6.45) is 3.37. The Morgan fingerprint density at radius 3 is 2.32 bits per heavy atom. The summed E-state index contributed by atoms with van der Waals surface area (Å²) in [5.41, 5.74) is 10.6. The molecule has 8 rings (SSSR count). The molecule has 0 saturated carbocycles. The van der Waals surface area contributed by atoms with Crippen LogP contribution in [0.4, 0.5) is 5.69 Å². The summed E-state index contributed by atoms with van der Waals surface area (Å²) in [7, 11) is 5.47. The fourth-order valence-corrected chi connectivity index (χ4v) is 9.90. The molecule has 6 aromatic rings. The van der Waals surface area contributed by atoms with Gasteiger partial charge in [0.25, 0.3) is 5.91 Å². The van der Waals surface area contributed by atoms with Crippen molar-refractivity contribution < 1.29 is 24.2 Å². The molecular weight excluding hydrogens is 787 g/mol. The Kier molecular flexibility index (Phi) is 11.1. The number of aromatic carboxylic acids is 1. The lowest BCUT2D eigenvalue weighted by Crippen LogP contribution is -2.43. The molecule has 1 fully saturated rings. The number of hydrogen-bond acceptors (Lipinski definition) is 6. The number of methoxy groups -OCH3 is 1. The maximum absolute atomic E-state index is 15.5. The minimum Gasteiger partial charge on any atom is -0.494 e. The highest BCUT2D eigenvalue weighted by Gasteiger charge is 2.38. The zero-order chi connectivity index (χ0) is 42.0. The van der Waals surface area contributed by atoms with E-state index in [2.05, 4.69) is 28.5 Å². The number of fused-ring (bicyclic) bond motifs is 4. The van der Waals surface area contributed by atoms with Crippen molar-refractivity contribution in [2.45, 2.75) is 79.0 Å². The van der Waals surface area contributed by atoms with Gasteiger partial charge in [-0.3, -0.25) is 14.4 Å². The van der Waals surface area contributed by atoms with Gasteiger partial charge in [-0.1, -0.05) is 29.3 Å². The number of anilines is 1. The molecule has 310 valence electrons. The van der Waals surface area contributed by atoms with Gasteiger partial charge in [0.2, 0.25) is 0 Å². The number of amides is 1. The number of halogens is 2. The van der Waals surface area contributed by atoms with Crippen molar-refractivity contribution in [2.24, 2.45) is 14.1 Å². The van der Waals surface area contributed by atoms with E-state index in [-0.39, 0.29) is 23.7 Å². The topological polar surface area (TPSA) is 107 Å². The fraction of sp³-hybridized carbons (Fsp3) is 0.413. The van der Waals surface area contributed by atoms with Gasteiger partial charge in [0, 0.05) is 86.0 Å². The summed E-state index contributed by atoms with van der Waals surface area (Å²) in [6.45, 7) is 13.4. The Balaban J connectivity index is 1.26. The predicted octanol–water partition coefficient (Wildman–Crippen LogP) is 9.62. The van der Waals surface area contributed by atoms with Crippen LogP contribution < -0.4 is 9.64 Å². The third-order valence-corrected chi connectivity index (χ3v) is 13.4. The molecule has 5 heterocycles. The highest BCUT2D eigenvalue weighted by atomic mass is 35.5. The lowest BCUT2D eigenvalue weighted by Gasteiger charge is -2.35. The number of hydrogen-bond donors (Lipinski definition) is 1. The second-order valence-corrected chi connectivity index (χ2v) is 17.2. The number of carbonyl (C=O) groups excluding carboxylic acids is 1. The number of rotatable bonds is 11. The van der Waals surface area contributed by atoms with Gasteiger partial charge in [-0.15, -0.1) is 0 Å². The van der Waals surface area contributed by atoms with Gasteiger partial charge in [-0.05, 0) is 119 Å². The van der Waals surface area contributed by atoms with Crippen LogP contribution in [-0.4, -0.2) is 80.3 Å². The van der Waals surface area contributed by atoms with Crippen LogP contribution in [0, 0.1) is 27.7 Å². The molecule has 1 N–H and O–H groups in total. The number of aryl methyl sites for hydroxylation is 6. The largest absolute Gasteiger partial charge is 0.494 e. The van der Waals surface area contributed by atoms with Crippen LogP contribution in [0.1, 0.15) is 86.8 Å². The summed E-state index contributed by atoms with van der Waals surface area (Å²) in [4.78, 5) is 32.3. The van der Waals surface area contributed by atoms with Crippen LogP contribution in [0.5, 0.6) is 5.75 Å². The van der Waals surface area contributed by atoms with Crippen molar-refractivity contribution in [1.82, 2.24) is 23.8 Å². The quantitative estimate of drug-likeness (QED) is 0.130. The normalized spacial score (nSPS) is 16.5. The van der Waals surface area contributed by atoms with Crippen molar-refractivity contribution in [3.63, 3.8) is 0 Å². The molecule has 0 radical (unpaired) electrons. The SMILES string of the molecule is COC1CCN(Cc2cc(N3CC(C)n4c(c(CCCOc5cc(C)c(Cl)c(C)c5)c5ccc(Cl)c(-c6c(C)nn(C)c6C)c54)C3=O)c3c(c2)cc(C(=O)O)n3C)CC1. The second kappa shape index (κ2) is 16.0.